The highest BCUT2D eigenvalue weighted by molar-refractivity contribution is 7.89. The van der Waals surface area contributed by atoms with Crippen LogP contribution in [0.1, 0.15) is 40.0 Å². The molecule has 1 aliphatic rings. The van der Waals surface area contributed by atoms with Crippen molar-refractivity contribution in [1.29, 1.82) is 0 Å². The van der Waals surface area contributed by atoms with Crippen LogP contribution in [0.3, 0.4) is 0 Å². The van der Waals surface area contributed by atoms with Gasteiger partial charge in [-0.25, -0.2) is 8.42 Å². The molecule has 1 aromatic carbocycles. The fourth-order valence-corrected chi connectivity index (χ4v) is 4.45. The van der Waals surface area contributed by atoms with E-state index in [-0.39, 0.29) is 16.8 Å². The number of carbonyl (C=O) groups excluding carboxylic acids is 1. The molecule has 2 rings (SSSR count). The van der Waals surface area contributed by atoms with E-state index >= 15 is 0 Å². The number of rotatable bonds is 6. The van der Waals surface area contributed by atoms with Gasteiger partial charge in [0.2, 0.25) is 10.0 Å². The molecule has 0 bridgehead atoms. The van der Waals surface area contributed by atoms with Gasteiger partial charge in [-0.05, 0) is 64.3 Å². The van der Waals surface area contributed by atoms with Crippen LogP contribution in [0.5, 0.6) is 0 Å². The summed E-state index contributed by atoms with van der Waals surface area (Å²) in [5.74, 6) is -0.0290. The topological polar surface area (TPSA) is 70.9 Å². The summed E-state index contributed by atoms with van der Waals surface area (Å²) in [6, 6.07) is 6.78. The predicted molar refractivity (Wildman–Crippen MR) is 99.2 cm³/mol. The third-order valence-corrected chi connectivity index (χ3v) is 7.06. The van der Waals surface area contributed by atoms with Crippen LogP contribution in [0.15, 0.2) is 29.2 Å². The first-order valence-electron chi connectivity index (χ1n) is 8.94. The number of sulfonamides is 1. The molecule has 0 radical (unpaired) electrons. The van der Waals surface area contributed by atoms with Crippen molar-refractivity contribution in [2.24, 2.45) is 0 Å². The van der Waals surface area contributed by atoms with Crippen molar-refractivity contribution in [2.75, 3.05) is 25.5 Å². The number of piperidine rings is 1. The Morgan fingerprint density at radius 1 is 1.28 bits per heavy atom. The van der Waals surface area contributed by atoms with E-state index in [0.29, 0.717) is 18.3 Å². The summed E-state index contributed by atoms with van der Waals surface area (Å²) >= 11 is 0. The van der Waals surface area contributed by atoms with Crippen molar-refractivity contribution in [3.63, 3.8) is 0 Å². The van der Waals surface area contributed by atoms with E-state index in [9.17, 15) is 13.2 Å². The highest BCUT2D eigenvalue weighted by atomic mass is 32.2. The zero-order valence-corrected chi connectivity index (χ0v) is 16.4. The predicted octanol–water partition coefficient (Wildman–Crippen LogP) is 1.11. The number of hydrogen-bond donors (Lipinski definition) is 2. The Morgan fingerprint density at radius 3 is 2.48 bits per heavy atom. The second-order valence-electron chi connectivity index (χ2n) is 7.17. The first kappa shape index (κ1) is 19.9. The number of hydrogen-bond acceptors (Lipinski definition) is 3. The lowest BCUT2D eigenvalue weighted by Gasteiger charge is -2.29. The summed E-state index contributed by atoms with van der Waals surface area (Å²) in [5, 5.41) is 2.87. The van der Waals surface area contributed by atoms with Gasteiger partial charge < -0.3 is 10.2 Å². The minimum Gasteiger partial charge on any atom is -0.325 e. The average Bonchev–Trinajstić information content (AvgIpc) is 2.56. The molecule has 0 spiro atoms. The molecule has 2 N–H and O–H groups in total. The molecule has 2 atom stereocenters. The molecule has 1 fully saturated rings. The van der Waals surface area contributed by atoms with E-state index in [1.165, 1.54) is 28.5 Å². The quantitative estimate of drug-likeness (QED) is 0.790. The minimum atomic E-state index is -3.50. The number of nitrogens with zero attached hydrogens (tertiary/aromatic N) is 1. The molecule has 1 amide bonds. The maximum absolute atomic E-state index is 12.4. The Hall–Kier alpha value is -1.44. The number of carbonyl (C=O) groups is 1. The Balaban J connectivity index is 1.99. The maximum atomic E-state index is 12.4. The van der Waals surface area contributed by atoms with Crippen LogP contribution in [0, 0.1) is 0 Å². The van der Waals surface area contributed by atoms with Crippen molar-refractivity contribution < 1.29 is 18.1 Å². The number of likely N-dealkylation sites (tertiary alicyclic amines) is 1. The number of quaternary nitrogens is 1. The van der Waals surface area contributed by atoms with Gasteiger partial charge in [0.05, 0.1) is 17.5 Å². The minimum absolute atomic E-state index is 0.0290. The van der Waals surface area contributed by atoms with E-state index in [1.54, 1.807) is 31.3 Å². The van der Waals surface area contributed by atoms with Crippen molar-refractivity contribution >= 4 is 21.6 Å². The number of anilines is 1. The van der Waals surface area contributed by atoms with Crippen molar-refractivity contribution in [2.45, 2.75) is 57.0 Å². The molecule has 6 nitrogen and oxygen atoms in total. The van der Waals surface area contributed by atoms with E-state index in [2.05, 4.69) is 12.2 Å². The van der Waals surface area contributed by atoms with Gasteiger partial charge >= 0.3 is 0 Å². The zero-order valence-electron chi connectivity index (χ0n) is 15.6. The molecule has 1 saturated heterocycles. The lowest BCUT2D eigenvalue weighted by molar-refractivity contribution is -0.920. The van der Waals surface area contributed by atoms with Crippen LogP contribution < -0.4 is 10.2 Å². The van der Waals surface area contributed by atoms with Gasteiger partial charge in [0, 0.05) is 18.8 Å². The summed E-state index contributed by atoms with van der Waals surface area (Å²) in [7, 11) is -1.93. The third-order valence-electron chi connectivity index (χ3n) is 5.01. The summed E-state index contributed by atoms with van der Waals surface area (Å²) in [5.41, 5.74) is 0.625. The van der Waals surface area contributed by atoms with Crippen molar-refractivity contribution in [1.82, 2.24) is 4.31 Å². The monoisotopic (exact) mass is 368 g/mol. The standard InChI is InChI=1S/C18H29N3O3S/c1-14(2)20(4)25(23,24)17-10-8-16(9-11-17)19-18(22)13-21-12-6-5-7-15(21)3/h8-11,14-15H,5-7,12-13H2,1-4H3,(H,19,22)/p+1/t15-/m0/s1. The van der Waals surface area contributed by atoms with E-state index < -0.39 is 10.0 Å². The molecule has 1 unspecified atom stereocenters. The molecule has 0 aromatic heterocycles. The fraction of sp³-hybridized carbons (Fsp3) is 0.611. The number of amides is 1. The van der Waals surface area contributed by atoms with Crippen LogP contribution in [0.4, 0.5) is 5.69 Å². The average molecular weight is 369 g/mol. The van der Waals surface area contributed by atoms with Crippen LogP contribution in [0.25, 0.3) is 0 Å². The summed E-state index contributed by atoms with van der Waals surface area (Å²) < 4.78 is 26.2. The molecule has 25 heavy (non-hydrogen) atoms. The van der Waals surface area contributed by atoms with E-state index in [4.69, 9.17) is 0 Å². The van der Waals surface area contributed by atoms with Gasteiger partial charge in [0.15, 0.2) is 6.54 Å². The highest BCUT2D eigenvalue weighted by Crippen LogP contribution is 2.18. The summed E-state index contributed by atoms with van der Waals surface area (Å²) in [6.45, 7) is 7.34. The third kappa shape index (κ3) is 5.03. The van der Waals surface area contributed by atoms with Crippen LogP contribution in [0.2, 0.25) is 0 Å². The first-order valence-corrected chi connectivity index (χ1v) is 10.4. The molecule has 140 valence electrons. The fourth-order valence-electron chi connectivity index (χ4n) is 3.08. The maximum Gasteiger partial charge on any atom is 0.279 e. The van der Waals surface area contributed by atoms with E-state index in [0.717, 1.165) is 6.54 Å². The Bertz CT molecular complexity index is 686. The van der Waals surface area contributed by atoms with Crippen LogP contribution in [-0.4, -0.2) is 50.9 Å². The number of nitrogens with one attached hydrogen (secondary N) is 2. The van der Waals surface area contributed by atoms with Crippen molar-refractivity contribution in [3.8, 4) is 0 Å². The van der Waals surface area contributed by atoms with E-state index in [1.807, 2.05) is 13.8 Å². The first-order chi connectivity index (χ1) is 11.7. The molecule has 0 saturated carbocycles. The van der Waals surface area contributed by atoms with Gasteiger partial charge in [-0.3, -0.25) is 4.79 Å². The largest absolute Gasteiger partial charge is 0.325 e. The molecule has 1 aliphatic heterocycles. The zero-order chi connectivity index (χ0) is 18.6. The molecule has 1 aromatic rings. The Morgan fingerprint density at radius 2 is 1.92 bits per heavy atom. The van der Waals surface area contributed by atoms with Crippen LogP contribution in [-0.2, 0) is 14.8 Å². The van der Waals surface area contributed by atoms with Crippen molar-refractivity contribution in [3.05, 3.63) is 24.3 Å². The highest BCUT2D eigenvalue weighted by Gasteiger charge is 2.25. The number of benzene rings is 1. The normalized spacial score (nSPS) is 21.5. The molecular formula is C18H30N3O3S+. The molecule has 7 heteroatoms. The molecule has 1 heterocycles. The van der Waals surface area contributed by atoms with Gasteiger partial charge in [-0.2, -0.15) is 4.31 Å². The molecular weight excluding hydrogens is 338 g/mol. The van der Waals surface area contributed by atoms with Gasteiger partial charge in [0.25, 0.3) is 5.91 Å². The second kappa shape index (κ2) is 8.29. The Labute approximate surface area is 151 Å². The summed E-state index contributed by atoms with van der Waals surface area (Å²) in [6.07, 6.45) is 3.58. The second-order valence-corrected chi connectivity index (χ2v) is 9.17. The smallest absolute Gasteiger partial charge is 0.279 e. The van der Waals surface area contributed by atoms with Gasteiger partial charge in [-0.15, -0.1) is 0 Å². The lowest BCUT2D eigenvalue weighted by Crippen LogP contribution is -3.17. The van der Waals surface area contributed by atoms with Gasteiger partial charge in [-0.1, -0.05) is 0 Å². The van der Waals surface area contributed by atoms with Gasteiger partial charge in [0.1, 0.15) is 0 Å². The Kier molecular flexibility index (Phi) is 6.59. The lowest BCUT2D eigenvalue weighted by atomic mass is 10.0. The van der Waals surface area contributed by atoms with Crippen LogP contribution >= 0.6 is 0 Å². The SMILES string of the molecule is CC(C)N(C)S(=O)(=O)c1ccc(NC(=O)C[NH+]2CCCC[C@@H]2C)cc1. The summed E-state index contributed by atoms with van der Waals surface area (Å²) in [4.78, 5) is 13.8. The molecule has 0 aliphatic carbocycles.